The van der Waals surface area contributed by atoms with Crippen molar-refractivity contribution in [2.75, 3.05) is 13.1 Å². The SMILES string of the molecule is O=C(c1ccccc1)N1CCC(c2cnn(-c3ccccc3)c2)CC1. The molecule has 0 atom stereocenters. The van der Waals surface area contributed by atoms with Crippen LogP contribution in [0.2, 0.25) is 0 Å². The van der Waals surface area contributed by atoms with Crippen LogP contribution in [0.4, 0.5) is 0 Å². The van der Waals surface area contributed by atoms with E-state index in [0.29, 0.717) is 5.92 Å². The minimum Gasteiger partial charge on any atom is -0.339 e. The summed E-state index contributed by atoms with van der Waals surface area (Å²) in [5.41, 5.74) is 3.11. The summed E-state index contributed by atoms with van der Waals surface area (Å²) < 4.78 is 1.93. The average Bonchev–Trinajstić information content (AvgIpc) is 3.19. The molecule has 0 radical (unpaired) electrons. The highest BCUT2D eigenvalue weighted by atomic mass is 16.2. The summed E-state index contributed by atoms with van der Waals surface area (Å²) in [5.74, 6) is 0.608. The molecule has 0 aliphatic carbocycles. The number of piperidine rings is 1. The smallest absolute Gasteiger partial charge is 0.253 e. The van der Waals surface area contributed by atoms with Crippen LogP contribution >= 0.6 is 0 Å². The van der Waals surface area contributed by atoms with Crippen molar-refractivity contribution in [3.05, 3.63) is 84.2 Å². The van der Waals surface area contributed by atoms with Gasteiger partial charge in [0.05, 0.1) is 11.9 Å². The Morgan fingerprint density at radius 3 is 2.24 bits per heavy atom. The molecule has 4 nitrogen and oxygen atoms in total. The molecule has 0 saturated carbocycles. The summed E-state index contributed by atoms with van der Waals surface area (Å²) in [6.45, 7) is 1.60. The minimum absolute atomic E-state index is 0.138. The maximum atomic E-state index is 12.5. The number of para-hydroxylation sites is 1. The Hall–Kier alpha value is -2.88. The van der Waals surface area contributed by atoms with Crippen LogP contribution in [0.3, 0.4) is 0 Å². The molecule has 2 aromatic carbocycles. The van der Waals surface area contributed by atoms with Crippen molar-refractivity contribution in [1.82, 2.24) is 14.7 Å². The van der Waals surface area contributed by atoms with Gasteiger partial charge in [0.1, 0.15) is 0 Å². The molecule has 2 heterocycles. The van der Waals surface area contributed by atoms with E-state index in [2.05, 4.69) is 23.4 Å². The third kappa shape index (κ3) is 3.33. The van der Waals surface area contributed by atoms with E-state index in [-0.39, 0.29) is 5.91 Å². The topological polar surface area (TPSA) is 38.1 Å². The van der Waals surface area contributed by atoms with Crippen LogP contribution in [0, 0.1) is 0 Å². The molecule has 1 aliphatic rings. The van der Waals surface area contributed by atoms with E-state index < -0.39 is 0 Å². The van der Waals surface area contributed by atoms with Crippen LogP contribution in [0.15, 0.2) is 73.1 Å². The first kappa shape index (κ1) is 15.6. The standard InChI is InChI=1S/C21H21N3O/c25-21(18-7-3-1-4-8-18)23-13-11-17(12-14-23)19-15-22-24(16-19)20-9-5-2-6-10-20/h1-10,15-17H,11-14H2. The number of aromatic nitrogens is 2. The Morgan fingerprint density at radius 2 is 1.56 bits per heavy atom. The predicted octanol–water partition coefficient (Wildman–Crippen LogP) is 3.89. The number of benzene rings is 2. The Balaban J connectivity index is 1.41. The lowest BCUT2D eigenvalue weighted by Gasteiger charge is -2.31. The van der Waals surface area contributed by atoms with Gasteiger partial charge < -0.3 is 4.90 Å². The first-order chi connectivity index (χ1) is 12.3. The Kier molecular flexibility index (Phi) is 4.34. The summed E-state index contributed by atoms with van der Waals surface area (Å²) in [6, 6.07) is 19.7. The lowest BCUT2D eigenvalue weighted by molar-refractivity contribution is 0.0713. The molecule has 1 aromatic heterocycles. The van der Waals surface area contributed by atoms with Crippen molar-refractivity contribution in [3.8, 4) is 5.69 Å². The minimum atomic E-state index is 0.138. The van der Waals surface area contributed by atoms with Gasteiger partial charge in [-0.05, 0) is 48.6 Å². The highest BCUT2D eigenvalue weighted by Crippen LogP contribution is 2.28. The lowest BCUT2D eigenvalue weighted by atomic mass is 9.91. The summed E-state index contributed by atoms with van der Waals surface area (Å²) in [4.78, 5) is 14.5. The van der Waals surface area contributed by atoms with Gasteiger partial charge in [0.2, 0.25) is 0 Å². The molecule has 0 N–H and O–H groups in total. The first-order valence-corrected chi connectivity index (χ1v) is 8.75. The molecule has 1 saturated heterocycles. The van der Waals surface area contributed by atoms with Gasteiger partial charge in [-0.15, -0.1) is 0 Å². The van der Waals surface area contributed by atoms with Crippen molar-refractivity contribution in [2.24, 2.45) is 0 Å². The Morgan fingerprint density at radius 1 is 0.920 bits per heavy atom. The van der Waals surface area contributed by atoms with E-state index in [0.717, 1.165) is 37.2 Å². The average molecular weight is 331 g/mol. The summed E-state index contributed by atoms with van der Waals surface area (Å²) in [6.07, 6.45) is 6.05. The van der Waals surface area contributed by atoms with Gasteiger partial charge in [0.15, 0.2) is 0 Å². The van der Waals surface area contributed by atoms with Crippen LogP contribution in [-0.4, -0.2) is 33.7 Å². The third-order valence-electron chi connectivity index (χ3n) is 4.90. The fraction of sp³-hybridized carbons (Fsp3) is 0.238. The summed E-state index contributed by atoms with van der Waals surface area (Å²) in [7, 11) is 0. The molecule has 1 aliphatic heterocycles. The Labute approximate surface area is 147 Å². The molecular formula is C21H21N3O. The normalized spacial score (nSPS) is 15.3. The number of amides is 1. The second-order valence-corrected chi connectivity index (χ2v) is 6.49. The molecule has 4 rings (SSSR count). The van der Waals surface area contributed by atoms with E-state index in [1.54, 1.807) is 0 Å². The van der Waals surface area contributed by atoms with Crippen molar-refractivity contribution in [2.45, 2.75) is 18.8 Å². The number of likely N-dealkylation sites (tertiary alicyclic amines) is 1. The molecule has 4 heteroatoms. The molecule has 1 amide bonds. The van der Waals surface area contributed by atoms with Crippen LogP contribution in [0.25, 0.3) is 5.69 Å². The van der Waals surface area contributed by atoms with E-state index in [4.69, 9.17) is 0 Å². The molecule has 126 valence electrons. The number of rotatable bonds is 3. The lowest BCUT2D eigenvalue weighted by Crippen LogP contribution is -2.37. The predicted molar refractivity (Wildman–Crippen MR) is 97.9 cm³/mol. The molecule has 3 aromatic rings. The number of carbonyl (C=O) groups excluding carboxylic acids is 1. The van der Waals surface area contributed by atoms with E-state index in [1.807, 2.05) is 64.3 Å². The van der Waals surface area contributed by atoms with Crippen LogP contribution < -0.4 is 0 Å². The van der Waals surface area contributed by atoms with Gasteiger partial charge in [-0.25, -0.2) is 4.68 Å². The van der Waals surface area contributed by atoms with Crippen LogP contribution in [0.1, 0.15) is 34.7 Å². The van der Waals surface area contributed by atoms with Crippen molar-refractivity contribution < 1.29 is 4.79 Å². The van der Waals surface area contributed by atoms with E-state index in [1.165, 1.54) is 5.56 Å². The fourth-order valence-electron chi connectivity index (χ4n) is 3.45. The van der Waals surface area contributed by atoms with Crippen molar-refractivity contribution in [3.63, 3.8) is 0 Å². The van der Waals surface area contributed by atoms with Gasteiger partial charge in [0, 0.05) is 24.8 Å². The Bertz CT molecular complexity index is 834. The number of hydrogen-bond acceptors (Lipinski definition) is 2. The summed E-state index contributed by atoms with van der Waals surface area (Å²) >= 11 is 0. The molecule has 0 bridgehead atoms. The van der Waals surface area contributed by atoms with Crippen LogP contribution in [0.5, 0.6) is 0 Å². The fourth-order valence-corrected chi connectivity index (χ4v) is 3.45. The second-order valence-electron chi connectivity index (χ2n) is 6.49. The van der Waals surface area contributed by atoms with Crippen molar-refractivity contribution >= 4 is 5.91 Å². The molecule has 0 spiro atoms. The van der Waals surface area contributed by atoms with E-state index >= 15 is 0 Å². The maximum absolute atomic E-state index is 12.5. The van der Waals surface area contributed by atoms with Gasteiger partial charge >= 0.3 is 0 Å². The maximum Gasteiger partial charge on any atom is 0.253 e. The zero-order valence-electron chi connectivity index (χ0n) is 14.1. The quantitative estimate of drug-likeness (QED) is 0.730. The highest BCUT2D eigenvalue weighted by Gasteiger charge is 2.25. The monoisotopic (exact) mass is 331 g/mol. The number of nitrogens with zero attached hydrogens (tertiary/aromatic N) is 3. The zero-order valence-corrected chi connectivity index (χ0v) is 14.1. The second kappa shape index (κ2) is 6.93. The molecule has 1 fully saturated rings. The van der Waals surface area contributed by atoms with Gasteiger partial charge in [-0.3, -0.25) is 4.79 Å². The third-order valence-corrected chi connectivity index (χ3v) is 4.90. The number of carbonyl (C=O) groups is 1. The zero-order chi connectivity index (χ0) is 17.1. The van der Waals surface area contributed by atoms with E-state index in [9.17, 15) is 4.79 Å². The first-order valence-electron chi connectivity index (χ1n) is 8.75. The summed E-state index contributed by atoms with van der Waals surface area (Å²) in [5, 5.41) is 4.50. The largest absolute Gasteiger partial charge is 0.339 e. The van der Waals surface area contributed by atoms with Crippen LogP contribution in [-0.2, 0) is 0 Å². The van der Waals surface area contributed by atoms with Gasteiger partial charge in [-0.1, -0.05) is 36.4 Å². The van der Waals surface area contributed by atoms with Crippen molar-refractivity contribution in [1.29, 1.82) is 0 Å². The molecular weight excluding hydrogens is 310 g/mol. The highest BCUT2D eigenvalue weighted by molar-refractivity contribution is 5.94. The molecule has 25 heavy (non-hydrogen) atoms. The molecule has 0 unspecified atom stereocenters. The number of hydrogen-bond donors (Lipinski definition) is 0. The van der Waals surface area contributed by atoms with Gasteiger partial charge in [-0.2, -0.15) is 5.10 Å². The van der Waals surface area contributed by atoms with Gasteiger partial charge in [0.25, 0.3) is 5.91 Å².